The van der Waals surface area contributed by atoms with Crippen LogP contribution in [0.2, 0.25) is 0 Å². The van der Waals surface area contributed by atoms with E-state index >= 15 is 0 Å². The van der Waals surface area contributed by atoms with Gasteiger partial charge >= 0.3 is 0 Å². The molecule has 0 fully saturated rings. The Morgan fingerprint density at radius 3 is 2.62 bits per heavy atom. The first-order valence-electron chi connectivity index (χ1n) is 4.58. The molecule has 1 aromatic carbocycles. The van der Waals surface area contributed by atoms with Gasteiger partial charge in [-0.1, -0.05) is 0 Å². The summed E-state index contributed by atoms with van der Waals surface area (Å²) < 4.78 is 18.0. The zero-order valence-electron chi connectivity index (χ0n) is 8.22. The zero-order chi connectivity index (χ0) is 11.4. The van der Waals surface area contributed by atoms with Crippen LogP contribution in [-0.4, -0.2) is 4.98 Å². The van der Waals surface area contributed by atoms with Crippen molar-refractivity contribution >= 4 is 0 Å². The number of nitriles is 1. The van der Waals surface area contributed by atoms with Crippen molar-refractivity contribution in [3.8, 4) is 17.7 Å². The summed E-state index contributed by atoms with van der Waals surface area (Å²) in [6.45, 7) is 0. The maximum atomic E-state index is 12.6. The molecule has 0 saturated heterocycles. The van der Waals surface area contributed by atoms with Crippen molar-refractivity contribution in [1.82, 2.24) is 4.98 Å². The quantitative estimate of drug-likeness (QED) is 0.772. The summed E-state index contributed by atoms with van der Waals surface area (Å²) in [6, 6.07) is 10.7. The minimum absolute atomic E-state index is 0.219. The lowest BCUT2D eigenvalue weighted by Gasteiger charge is -2.05. The molecular weight excluding hydrogens is 207 g/mol. The van der Waals surface area contributed by atoms with Gasteiger partial charge in [-0.15, -0.1) is 0 Å². The van der Waals surface area contributed by atoms with Gasteiger partial charge in [0.25, 0.3) is 0 Å². The molecule has 16 heavy (non-hydrogen) atoms. The van der Waals surface area contributed by atoms with Crippen LogP contribution >= 0.6 is 0 Å². The van der Waals surface area contributed by atoms with E-state index in [-0.39, 0.29) is 11.7 Å². The van der Waals surface area contributed by atoms with Gasteiger partial charge in [-0.05, 0) is 36.4 Å². The minimum atomic E-state index is -0.339. The topological polar surface area (TPSA) is 45.9 Å². The van der Waals surface area contributed by atoms with Gasteiger partial charge in [0.15, 0.2) is 0 Å². The van der Waals surface area contributed by atoms with Crippen LogP contribution in [0.25, 0.3) is 0 Å². The summed E-state index contributed by atoms with van der Waals surface area (Å²) in [5.74, 6) is 0.321. The number of hydrogen-bond donors (Lipinski definition) is 0. The van der Waals surface area contributed by atoms with E-state index in [0.29, 0.717) is 11.3 Å². The number of ether oxygens (including phenoxy) is 1. The molecule has 1 heterocycles. The van der Waals surface area contributed by atoms with E-state index < -0.39 is 0 Å². The van der Waals surface area contributed by atoms with Gasteiger partial charge in [-0.25, -0.2) is 9.37 Å². The molecule has 1 aromatic heterocycles. The fourth-order valence-electron chi connectivity index (χ4n) is 1.17. The lowest BCUT2D eigenvalue weighted by Crippen LogP contribution is -1.91. The van der Waals surface area contributed by atoms with E-state index in [0.717, 1.165) is 0 Å². The average molecular weight is 214 g/mol. The highest BCUT2D eigenvalue weighted by Crippen LogP contribution is 2.22. The Balaban J connectivity index is 2.27. The molecule has 0 bridgehead atoms. The Hall–Kier alpha value is -2.41. The van der Waals surface area contributed by atoms with E-state index in [2.05, 4.69) is 4.98 Å². The smallest absolute Gasteiger partial charge is 0.237 e. The lowest BCUT2D eigenvalue weighted by molar-refractivity contribution is 0.459. The largest absolute Gasteiger partial charge is 0.438 e. The van der Waals surface area contributed by atoms with Gasteiger partial charge in [0.05, 0.1) is 0 Å². The third kappa shape index (κ3) is 2.15. The molecule has 2 rings (SSSR count). The van der Waals surface area contributed by atoms with E-state index in [9.17, 15) is 4.39 Å². The summed E-state index contributed by atoms with van der Waals surface area (Å²) in [4.78, 5) is 3.93. The van der Waals surface area contributed by atoms with E-state index in [1.165, 1.54) is 30.5 Å². The maximum absolute atomic E-state index is 12.6. The van der Waals surface area contributed by atoms with Crippen LogP contribution in [-0.2, 0) is 0 Å². The Labute approximate surface area is 91.7 Å². The van der Waals surface area contributed by atoms with Crippen LogP contribution in [0.4, 0.5) is 4.39 Å². The summed E-state index contributed by atoms with van der Waals surface area (Å²) in [6.07, 6.45) is 1.53. The summed E-state index contributed by atoms with van der Waals surface area (Å²) in [5, 5.41) is 8.81. The summed E-state index contributed by atoms with van der Waals surface area (Å²) >= 11 is 0. The van der Waals surface area contributed by atoms with Crippen LogP contribution in [0.15, 0.2) is 42.6 Å². The number of benzene rings is 1. The Morgan fingerprint density at radius 2 is 1.94 bits per heavy atom. The number of pyridine rings is 1. The number of aromatic nitrogens is 1. The zero-order valence-corrected chi connectivity index (χ0v) is 8.22. The predicted molar refractivity (Wildman–Crippen MR) is 55.4 cm³/mol. The molecule has 0 radical (unpaired) electrons. The van der Waals surface area contributed by atoms with Gasteiger partial charge < -0.3 is 4.74 Å². The third-order valence-corrected chi connectivity index (χ3v) is 1.92. The first-order chi connectivity index (χ1) is 7.79. The molecule has 2 aromatic rings. The van der Waals surface area contributed by atoms with Crippen LogP contribution < -0.4 is 4.74 Å². The standard InChI is InChI=1S/C12H7FN2O/c13-10-3-5-11(6-4-10)16-12-9(8-14)2-1-7-15-12/h1-7H. The molecule has 0 amide bonds. The van der Waals surface area contributed by atoms with Crippen LogP contribution in [0.1, 0.15) is 5.56 Å². The van der Waals surface area contributed by atoms with Gasteiger partial charge in [0.2, 0.25) is 5.88 Å². The van der Waals surface area contributed by atoms with Crippen LogP contribution in [0.5, 0.6) is 11.6 Å². The predicted octanol–water partition coefficient (Wildman–Crippen LogP) is 2.88. The van der Waals surface area contributed by atoms with Crippen molar-refractivity contribution in [2.45, 2.75) is 0 Å². The second-order valence-corrected chi connectivity index (χ2v) is 3.02. The van der Waals surface area contributed by atoms with Crippen molar-refractivity contribution in [2.24, 2.45) is 0 Å². The molecule has 0 atom stereocenters. The van der Waals surface area contributed by atoms with Crippen molar-refractivity contribution in [3.05, 3.63) is 54.0 Å². The molecule has 0 aliphatic heterocycles. The molecule has 0 spiro atoms. The molecule has 0 aliphatic rings. The molecule has 78 valence electrons. The van der Waals surface area contributed by atoms with Crippen LogP contribution in [0, 0.1) is 17.1 Å². The highest BCUT2D eigenvalue weighted by molar-refractivity contribution is 5.39. The molecular formula is C12H7FN2O. The van der Waals surface area contributed by atoms with Gasteiger partial charge in [0, 0.05) is 6.20 Å². The highest BCUT2D eigenvalue weighted by atomic mass is 19.1. The first-order valence-corrected chi connectivity index (χ1v) is 4.58. The summed E-state index contributed by atoms with van der Waals surface area (Å²) in [7, 11) is 0. The lowest BCUT2D eigenvalue weighted by atomic mass is 10.3. The molecule has 0 aliphatic carbocycles. The third-order valence-electron chi connectivity index (χ3n) is 1.92. The van der Waals surface area contributed by atoms with Crippen LogP contribution in [0.3, 0.4) is 0 Å². The van der Waals surface area contributed by atoms with Crippen molar-refractivity contribution < 1.29 is 9.13 Å². The SMILES string of the molecule is N#Cc1cccnc1Oc1ccc(F)cc1. The number of hydrogen-bond acceptors (Lipinski definition) is 3. The monoisotopic (exact) mass is 214 g/mol. The van der Waals surface area contributed by atoms with E-state index in [4.69, 9.17) is 10.00 Å². The van der Waals surface area contributed by atoms with Crippen molar-refractivity contribution in [1.29, 1.82) is 5.26 Å². The Morgan fingerprint density at radius 1 is 1.19 bits per heavy atom. The molecule has 0 N–H and O–H groups in total. The van der Waals surface area contributed by atoms with E-state index in [1.54, 1.807) is 12.1 Å². The number of nitrogens with zero attached hydrogens (tertiary/aromatic N) is 2. The maximum Gasteiger partial charge on any atom is 0.237 e. The van der Waals surface area contributed by atoms with Gasteiger partial charge in [0.1, 0.15) is 23.2 Å². The number of rotatable bonds is 2. The minimum Gasteiger partial charge on any atom is -0.438 e. The van der Waals surface area contributed by atoms with Gasteiger partial charge in [-0.3, -0.25) is 0 Å². The first kappa shape index (κ1) is 10.1. The molecule has 4 heteroatoms. The van der Waals surface area contributed by atoms with Crippen molar-refractivity contribution in [3.63, 3.8) is 0 Å². The molecule has 0 saturated carbocycles. The normalized spacial score (nSPS) is 9.50. The summed E-state index contributed by atoms with van der Waals surface area (Å²) in [5.41, 5.74) is 0.340. The van der Waals surface area contributed by atoms with Crippen molar-refractivity contribution in [2.75, 3.05) is 0 Å². The molecule has 3 nitrogen and oxygen atoms in total. The Bertz CT molecular complexity index is 531. The fourth-order valence-corrected chi connectivity index (χ4v) is 1.17. The highest BCUT2D eigenvalue weighted by Gasteiger charge is 2.04. The average Bonchev–Trinajstić information content (AvgIpc) is 2.33. The second kappa shape index (κ2) is 4.41. The second-order valence-electron chi connectivity index (χ2n) is 3.02. The fraction of sp³-hybridized carbons (Fsp3) is 0. The van der Waals surface area contributed by atoms with Gasteiger partial charge in [-0.2, -0.15) is 5.26 Å². The number of halogens is 1. The molecule has 0 unspecified atom stereocenters. The Kier molecular flexibility index (Phi) is 2.79. The van der Waals surface area contributed by atoms with E-state index in [1.807, 2.05) is 6.07 Å².